The Balaban J connectivity index is 0.736. The molecule has 1 aromatic carbocycles. The summed E-state index contributed by atoms with van der Waals surface area (Å²) in [6.07, 6.45) is 16.2. The summed E-state index contributed by atoms with van der Waals surface area (Å²) >= 11 is 0. The van der Waals surface area contributed by atoms with Gasteiger partial charge in [-0.25, -0.2) is 24.1 Å². The lowest BCUT2D eigenvalue weighted by Crippen LogP contribution is -2.61. The molecule has 1 aliphatic carbocycles. The first kappa shape index (κ1) is 83.1. The van der Waals surface area contributed by atoms with Gasteiger partial charge in [-0.15, -0.1) is 5.10 Å². The van der Waals surface area contributed by atoms with Crippen LogP contribution in [0.15, 0.2) is 84.4 Å². The number of nitrogens with one attached hydrogen (secondary N) is 2. The Hall–Kier alpha value is -7.93. The van der Waals surface area contributed by atoms with Gasteiger partial charge in [0.2, 0.25) is 11.7 Å². The van der Waals surface area contributed by atoms with Crippen molar-refractivity contribution in [3.63, 3.8) is 0 Å². The average Bonchev–Trinajstić information content (AvgIpc) is 1.71. The normalized spacial score (nSPS) is 29.2. The van der Waals surface area contributed by atoms with E-state index in [-0.39, 0.29) is 93.1 Å². The molecule has 28 nitrogen and oxygen atoms in total. The number of benzene rings is 1. The molecule has 28 heteroatoms. The number of methoxy groups -OCH3 is 4. The van der Waals surface area contributed by atoms with E-state index in [0.717, 1.165) is 47.2 Å². The lowest BCUT2D eigenvalue weighted by Gasteiger charge is -2.42. The summed E-state index contributed by atoms with van der Waals surface area (Å²) in [7, 11) is 6.23. The van der Waals surface area contributed by atoms with Crippen molar-refractivity contribution in [2.45, 2.75) is 219 Å². The van der Waals surface area contributed by atoms with Gasteiger partial charge in [-0.2, -0.15) is 5.10 Å². The number of aryl methyl sites for hydroxylation is 1. The van der Waals surface area contributed by atoms with Crippen LogP contribution in [-0.2, 0) is 86.4 Å². The van der Waals surface area contributed by atoms with Gasteiger partial charge in [0, 0.05) is 88.9 Å². The maximum Gasteiger partial charge on any atom is 0.329 e. The Labute approximate surface area is 627 Å². The molecule has 2 amide bonds. The number of fused-ring (bicyclic) bond motifs is 5. The van der Waals surface area contributed by atoms with E-state index in [1.807, 2.05) is 87.0 Å². The smallest absolute Gasteiger partial charge is 0.329 e. The van der Waals surface area contributed by atoms with Gasteiger partial charge in [0.15, 0.2) is 11.4 Å². The second-order valence-corrected chi connectivity index (χ2v) is 29.5. The number of carbonyl (C=O) groups is 6. The number of unbranched alkanes of at least 4 members (excludes halogenated alkanes) is 1. The number of ether oxygens (including phenoxy) is 9. The van der Waals surface area contributed by atoms with Crippen LogP contribution in [0, 0.1) is 35.5 Å². The average molecular weight is 1490 g/mol. The third-order valence-corrected chi connectivity index (χ3v) is 21.5. The van der Waals surface area contributed by atoms with E-state index in [4.69, 9.17) is 53.5 Å². The molecule has 586 valence electrons. The Morgan fingerprint density at radius 1 is 0.860 bits per heavy atom. The molecule has 107 heavy (non-hydrogen) atoms. The number of aromatic amines is 1. The van der Waals surface area contributed by atoms with E-state index in [9.17, 15) is 39.0 Å². The maximum atomic E-state index is 14.8. The zero-order chi connectivity index (χ0) is 76.9. The number of piperidine rings is 1. The molecule has 0 unspecified atom stereocenters. The number of hydrogen-bond donors (Lipinski definition) is 5. The third kappa shape index (κ3) is 22.2. The summed E-state index contributed by atoms with van der Waals surface area (Å²) in [5, 5.41) is 41.7. The van der Waals surface area contributed by atoms with Crippen LogP contribution in [-0.4, -0.2) is 212 Å². The summed E-state index contributed by atoms with van der Waals surface area (Å²) < 4.78 is 57.2. The quantitative estimate of drug-likeness (QED) is 0.0157. The molecule has 6 N–H and O–H groups in total. The summed E-state index contributed by atoms with van der Waals surface area (Å²) in [6.45, 7) is 15.6. The Kier molecular flexibility index (Phi) is 31.0. The first-order valence-corrected chi connectivity index (χ1v) is 38.0. The highest BCUT2D eigenvalue weighted by atomic mass is 16.6. The number of aromatic nitrogens is 8. The van der Waals surface area contributed by atoms with Crippen LogP contribution in [0.25, 0.3) is 33.3 Å². The van der Waals surface area contributed by atoms with E-state index in [2.05, 4.69) is 30.6 Å². The standard InChI is InChI=1S/C79H113N11O17/c1-48-19-13-12-14-20-49(2)65(100-9)43-59-24-22-54(7)79(98,107-59)74(95)77(96)89-30-17-15-21-62(89)78(97)106-66(44-63(91)50(3)38-53(6)72(94)73(102-11)71(93)52(5)37-48)51(4)39-55-23-27-64(67(40-55)101-10)105-36-35-104-46-57-45-88(87-85-57)32-34-103-33-28-68(92)81-29-16-18-31-90-76-69(75(80)82-47-83-76)70(86-90)61-42-56-41-58(99-8)25-26-60(56)84-61/h12-14,19-20,25-26,38,41-42,45,47-48,50-52,54-55,59,62,64-67,72-73,84,94,98H,15-18,21-24,27-37,39-40,43-44,46H2,1-11H3,(H,81,92)(H2,80,82,83)/b14-12+,19-13+,49-20+,53-38+/t48-,50-,51-,52-,54-,55+,59+,62+,64-,65+,66+,67-,72-,73+,79+/m1/s1. The number of esters is 1. The predicted octanol–water partition coefficient (Wildman–Crippen LogP) is 8.90. The monoisotopic (exact) mass is 1490 g/mol. The Morgan fingerprint density at radius 3 is 2.45 bits per heavy atom. The Bertz CT molecular complexity index is 3920. The molecule has 15 atom stereocenters. The van der Waals surface area contributed by atoms with Crippen molar-refractivity contribution in [2.24, 2.45) is 35.5 Å². The second-order valence-electron chi connectivity index (χ2n) is 29.5. The second kappa shape index (κ2) is 40.0. The van der Waals surface area contributed by atoms with Crippen LogP contribution in [0.3, 0.4) is 0 Å². The number of nitrogen functional groups attached to an aromatic ring is 1. The summed E-state index contributed by atoms with van der Waals surface area (Å²) in [5.41, 5.74) is 11.2. The minimum absolute atomic E-state index is 0.00801. The van der Waals surface area contributed by atoms with Gasteiger partial charge < -0.3 is 73.8 Å². The van der Waals surface area contributed by atoms with Crippen LogP contribution >= 0.6 is 0 Å². The van der Waals surface area contributed by atoms with Crippen molar-refractivity contribution in [1.82, 2.24) is 49.9 Å². The number of anilines is 1. The van der Waals surface area contributed by atoms with Crippen LogP contribution in [0.1, 0.15) is 150 Å². The van der Waals surface area contributed by atoms with Gasteiger partial charge in [-0.1, -0.05) is 76.3 Å². The summed E-state index contributed by atoms with van der Waals surface area (Å²) in [5.74, 6) is -7.33. The number of hydrogen-bond acceptors (Lipinski definition) is 23. The fourth-order valence-electron chi connectivity index (χ4n) is 15.1. The number of nitrogens with zero attached hydrogens (tertiary/aromatic N) is 8. The highest BCUT2D eigenvalue weighted by Gasteiger charge is 2.53. The van der Waals surface area contributed by atoms with E-state index in [0.29, 0.717) is 124 Å². The van der Waals surface area contributed by atoms with E-state index < -0.39 is 77.8 Å². The number of carbonyl (C=O) groups excluding carboxylic acids is 6. The number of nitrogens with two attached hydrogens (primary N) is 1. The summed E-state index contributed by atoms with van der Waals surface area (Å²) in [4.78, 5) is 98.2. The number of allylic oxidation sites excluding steroid dienone is 6. The zero-order valence-electron chi connectivity index (χ0n) is 64.2. The fourth-order valence-corrected chi connectivity index (χ4v) is 15.1. The highest BCUT2D eigenvalue weighted by molar-refractivity contribution is 6.39. The molecule has 4 aliphatic rings. The molecule has 0 radical (unpaired) electrons. The van der Waals surface area contributed by atoms with Gasteiger partial charge >= 0.3 is 5.97 Å². The molecule has 2 saturated heterocycles. The van der Waals surface area contributed by atoms with Crippen molar-refractivity contribution in [3.05, 3.63) is 90.1 Å². The molecule has 7 heterocycles. The minimum Gasteiger partial charge on any atom is -0.497 e. The summed E-state index contributed by atoms with van der Waals surface area (Å²) in [6, 6.07) is 6.62. The van der Waals surface area contributed by atoms with E-state index in [1.54, 1.807) is 59.1 Å². The van der Waals surface area contributed by atoms with Crippen LogP contribution in [0.5, 0.6) is 5.75 Å². The third-order valence-electron chi connectivity index (χ3n) is 21.5. The van der Waals surface area contributed by atoms with Gasteiger partial charge in [0.1, 0.15) is 59.4 Å². The lowest BCUT2D eigenvalue weighted by molar-refractivity contribution is -0.265. The largest absolute Gasteiger partial charge is 0.497 e. The first-order valence-electron chi connectivity index (χ1n) is 38.0. The highest BCUT2D eigenvalue weighted by Crippen LogP contribution is 2.39. The number of Topliss-reactive ketones (excluding diaryl/α,β-unsaturated/α-hetero) is 3. The molecule has 5 aromatic rings. The first-order chi connectivity index (χ1) is 51.4. The van der Waals surface area contributed by atoms with Crippen molar-refractivity contribution in [3.8, 4) is 17.1 Å². The number of cyclic esters (lactones) is 1. The van der Waals surface area contributed by atoms with Gasteiger partial charge in [-0.3, -0.25) is 24.0 Å². The van der Waals surface area contributed by atoms with Gasteiger partial charge in [0.25, 0.3) is 11.7 Å². The molecule has 9 rings (SSSR count). The zero-order valence-corrected chi connectivity index (χ0v) is 64.2. The molecule has 0 spiro atoms. The van der Waals surface area contributed by atoms with Crippen LogP contribution < -0.4 is 15.8 Å². The molecular formula is C79H113N11O17. The van der Waals surface area contributed by atoms with E-state index >= 15 is 0 Å². The van der Waals surface area contributed by atoms with Gasteiger partial charge in [0.05, 0.1) is 88.4 Å². The molecule has 1 saturated carbocycles. The van der Waals surface area contributed by atoms with Crippen molar-refractivity contribution in [2.75, 3.05) is 73.7 Å². The lowest BCUT2D eigenvalue weighted by atomic mass is 9.78. The molecule has 3 aliphatic heterocycles. The number of aliphatic hydroxyl groups excluding tert-OH is 1. The van der Waals surface area contributed by atoms with Crippen molar-refractivity contribution >= 4 is 62.9 Å². The maximum absolute atomic E-state index is 14.8. The number of H-pyrrole nitrogens is 1. The molecule has 3 fully saturated rings. The van der Waals surface area contributed by atoms with Crippen LogP contribution in [0.4, 0.5) is 5.82 Å². The Morgan fingerprint density at radius 2 is 1.67 bits per heavy atom. The van der Waals surface area contributed by atoms with E-state index in [1.165, 1.54) is 18.3 Å². The molecular weight excluding hydrogens is 1370 g/mol. The molecule has 4 aromatic heterocycles. The van der Waals surface area contributed by atoms with Crippen molar-refractivity contribution < 1.29 is 81.6 Å². The number of rotatable bonds is 25. The number of ketones is 3. The topological polar surface area (TPSA) is 357 Å². The van der Waals surface area contributed by atoms with Gasteiger partial charge in [-0.05, 0) is 144 Å². The SMILES string of the molecule is COc1ccc2[nH]c(-c3nn(CCCCNC(=O)CCOCCn4cc(COCCO[C@@H]5CC[C@@H](C[C@@H](C)[C@@H]6CC(=O)[C@H](C)/C=C(\C)[C@@H](O)[C@@H](OC)C(=O)[C@H](C)C[C@H](C)/C=C/C=C/C=C(\C)[C@@H](OC)C[C@@H]7CC[C@@H](C)[C@](O)(O7)C(=O)C(=O)N7CCCC[C@H]7C(=O)O6)C[C@H]5OC)nn4)c4ncnc(N)c34)cc2c1. The van der Waals surface area contributed by atoms with Crippen molar-refractivity contribution in [1.29, 1.82) is 0 Å². The number of aliphatic hydroxyl groups is 2. The number of amides is 2. The van der Waals surface area contributed by atoms with Crippen LogP contribution in [0.2, 0.25) is 0 Å². The molecule has 2 bridgehead atoms. The fraction of sp³-hybridized carbons (Fsp3) is 0.633. The minimum atomic E-state index is -2.47. The predicted molar refractivity (Wildman–Crippen MR) is 400 cm³/mol.